The first kappa shape index (κ1) is 13.1. The lowest BCUT2D eigenvalue weighted by Crippen LogP contribution is -2.18. The van der Waals surface area contributed by atoms with Gasteiger partial charge in [-0.3, -0.25) is 0 Å². The molecule has 0 fully saturated rings. The Bertz CT molecular complexity index is 380. The highest BCUT2D eigenvalue weighted by Gasteiger charge is 2.18. The summed E-state index contributed by atoms with van der Waals surface area (Å²) in [6.45, 7) is 1.88. The maximum atomic E-state index is 9.85. The molecule has 1 aromatic rings. The average molecular weight is 290 g/mol. The van der Waals surface area contributed by atoms with Crippen molar-refractivity contribution in [3.8, 4) is 17.2 Å². The van der Waals surface area contributed by atoms with Crippen LogP contribution in [-0.2, 0) is 6.42 Å². The van der Waals surface area contributed by atoms with Crippen LogP contribution in [0.25, 0.3) is 0 Å². The van der Waals surface area contributed by atoms with Crippen LogP contribution in [0.2, 0.25) is 0 Å². The fourth-order valence-corrected chi connectivity index (χ4v) is 2.21. The van der Waals surface area contributed by atoms with Crippen molar-refractivity contribution in [3.05, 3.63) is 16.1 Å². The number of benzene rings is 1. The van der Waals surface area contributed by atoms with Crippen LogP contribution in [-0.4, -0.2) is 25.4 Å². The Kier molecular flexibility index (Phi) is 4.44. The van der Waals surface area contributed by atoms with Gasteiger partial charge in [0.1, 0.15) is 5.75 Å². The summed E-state index contributed by atoms with van der Waals surface area (Å²) in [7, 11) is 3.07. The monoisotopic (exact) mass is 289 g/mol. The normalized spacial score (nSPS) is 12.3. The first-order valence-electron chi connectivity index (χ1n) is 4.89. The molecule has 5 heteroatoms. The number of methoxy groups -OCH3 is 2. The minimum absolute atomic E-state index is 0.0414. The molecule has 16 heavy (non-hydrogen) atoms. The lowest BCUT2D eigenvalue weighted by molar-refractivity contribution is 0.348. The molecule has 3 N–H and O–H groups in total. The summed E-state index contributed by atoms with van der Waals surface area (Å²) in [4.78, 5) is 0. The molecule has 1 rings (SSSR count). The van der Waals surface area contributed by atoms with Crippen LogP contribution in [0.1, 0.15) is 12.5 Å². The summed E-state index contributed by atoms with van der Waals surface area (Å²) >= 11 is 3.39. The Balaban J connectivity index is 3.29. The zero-order chi connectivity index (χ0) is 12.3. The minimum atomic E-state index is -0.0414. The van der Waals surface area contributed by atoms with Gasteiger partial charge in [0, 0.05) is 17.7 Å². The lowest BCUT2D eigenvalue weighted by Gasteiger charge is -2.16. The van der Waals surface area contributed by atoms with Crippen molar-refractivity contribution >= 4 is 15.9 Å². The van der Waals surface area contributed by atoms with Crippen LogP contribution in [0, 0.1) is 0 Å². The van der Waals surface area contributed by atoms with Crippen LogP contribution < -0.4 is 15.2 Å². The van der Waals surface area contributed by atoms with Gasteiger partial charge in [0.05, 0.1) is 18.7 Å². The quantitative estimate of drug-likeness (QED) is 0.891. The van der Waals surface area contributed by atoms with Crippen molar-refractivity contribution < 1.29 is 14.6 Å². The molecule has 0 aliphatic carbocycles. The van der Waals surface area contributed by atoms with E-state index in [4.69, 9.17) is 15.2 Å². The van der Waals surface area contributed by atoms with Gasteiger partial charge in [-0.15, -0.1) is 0 Å². The standard InChI is InChI=1S/C11H16BrNO3/c1-6(13)4-7-8(14)5-9(15-2)11(16-3)10(7)12/h5-6,14H,4,13H2,1-3H3. The second kappa shape index (κ2) is 5.41. The lowest BCUT2D eigenvalue weighted by atomic mass is 10.1. The molecule has 1 aromatic carbocycles. The Labute approximate surface area is 103 Å². The van der Waals surface area contributed by atoms with Gasteiger partial charge in [-0.2, -0.15) is 0 Å². The fourth-order valence-electron chi connectivity index (χ4n) is 1.49. The van der Waals surface area contributed by atoms with Gasteiger partial charge in [0.25, 0.3) is 0 Å². The molecule has 90 valence electrons. The number of aromatic hydroxyl groups is 1. The maximum Gasteiger partial charge on any atom is 0.175 e. The number of phenolic OH excluding ortho intramolecular Hbond substituents is 1. The van der Waals surface area contributed by atoms with Crippen LogP contribution in [0.5, 0.6) is 17.2 Å². The van der Waals surface area contributed by atoms with Gasteiger partial charge in [-0.25, -0.2) is 0 Å². The van der Waals surface area contributed by atoms with Gasteiger partial charge < -0.3 is 20.3 Å². The summed E-state index contributed by atoms with van der Waals surface area (Å²) < 4.78 is 11.0. The van der Waals surface area contributed by atoms with Crippen LogP contribution in [0.15, 0.2) is 10.5 Å². The molecule has 0 saturated heterocycles. The molecule has 0 amide bonds. The van der Waals surface area contributed by atoms with E-state index in [1.807, 2.05) is 6.92 Å². The second-order valence-corrected chi connectivity index (χ2v) is 4.40. The first-order chi connectivity index (χ1) is 7.51. The van der Waals surface area contributed by atoms with Crippen molar-refractivity contribution in [1.82, 2.24) is 0 Å². The number of halogens is 1. The van der Waals surface area contributed by atoms with Gasteiger partial charge >= 0.3 is 0 Å². The van der Waals surface area contributed by atoms with E-state index in [0.717, 1.165) is 5.56 Å². The molecule has 0 aliphatic rings. The zero-order valence-corrected chi connectivity index (χ0v) is 11.2. The number of hydrogen-bond acceptors (Lipinski definition) is 4. The Hall–Kier alpha value is -0.940. The Morgan fingerprint density at radius 3 is 2.50 bits per heavy atom. The molecular weight excluding hydrogens is 274 g/mol. The predicted octanol–water partition coefficient (Wildman–Crippen LogP) is 2.06. The summed E-state index contributed by atoms with van der Waals surface area (Å²) in [5, 5.41) is 9.85. The second-order valence-electron chi connectivity index (χ2n) is 3.61. The molecule has 0 spiro atoms. The summed E-state index contributed by atoms with van der Waals surface area (Å²) in [6, 6.07) is 1.49. The van der Waals surface area contributed by atoms with E-state index in [2.05, 4.69) is 15.9 Å². The van der Waals surface area contributed by atoms with E-state index in [-0.39, 0.29) is 11.8 Å². The number of hydrogen-bond donors (Lipinski definition) is 2. The number of ether oxygens (including phenoxy) is 2. The minimum Gasteiger partial charge on any atom is -0.507 e. The maximum absolute atomic E-state index is 9.85. The number of rotatable bonds is 4. The van der Waals surface area contributed by atoms with Crippen molar-refractivity contribution in [2.24, 2.45) is 5.73 Å². The smallest absolute Gasteiger partial charge is 0.175 e. The van der Waals surface area contributed by atoms with Gasteiger partial charge in [-0.1, -0.05) is 0 Å². The molecule has 0 bridgehead atoms. The van der Waals surface area contributed by atoms with E-state index in [9.17, 15) is 5.11 Å². The fraction of sp³-hybridized carbons (Fsp3) is 0.455. The van der Waals surface area contributed by atoms with E-state index >= 15 is 0 Å². The molecule has 0 aliphatic heterocycles. The number of phenols is 1. The molecule has 4 nitrogen and oxygen atoms in total. The van der Waals surface area contributed by atoms with E-state index in [0.29, 0.717) is 22.4 Å². The first-order valence-corrected chi connectivity index (χ1v) is 5.68. The molecule has 0 heterocycles. The van der Waals surface area contributed by atoms with E-state index < -0.39 is 0 Å². The highest BCUT2D eigenvalue weighted by atomic mass is 79.9. The van der Waals surface area contributed by atoms with Crippen LogP contribution in [0.4, 0.5) is 0 Å². The third kappa shape index (κ3) is 2.59. The van der Waals surface area contributed by atoms with Crippen LogP contribution in [0.3, 0.4) is 0 Å². The van der Waals surface area contributed by atoms with Gasteiger partial charge in [-0.05, 0) is 29.3 Å². The molecule has 0 radical (unpaired) electrons. The Morgan fingerprint density at radius 2 is 2.06 bits per heavy atom. The van der Waals surface area contributed by atoms with Gasteiger partial charge in [0.2, 0.25) is 0 Å². The molecule has 0 saturated carbocycles. The SMILES string of the molecule is COc1cc(O)c(CC(C)N)c(Br)c1OC. The Morgan fingerprint density at radius 1 is 1.44 bits per heavy atom. The molecule has 1 atom stereocenters. The molecule has 1 unspecified atom stereocenters. The third-order valence-corrected chi connectivity index (χ3v) is 3.05. The summed E-state index contributed by atoms with van der Waals surface area (Å²) in [5.74, 6) is 1.21. The summed E-state index contributed by atoms with van der Waals surface area (Å²) in [5.41, 5.74) is 6.45. The predicted molar refractivity (Wildman–Crippen MR) is 66.3 cm³/mol. The topological polar surface area (TPSA) is 64.7 Å². The highest BCUT2D eigenvalue weighted by molar-refractivity contribution is 9.10. The van der Waals surface area contributed by atoms with E-state index in [1.165, 1.54) is 13.2 Å². The van der Waals surface area contributed by atoms with Gasteiger partial charge in [0.15, 0.2) is 11.5 Å². The zero-order valence-electron chi connectivity index (χ0n) is 9.58. The highest BCUT2D eigenvalue weighted by Crippen LogP contribution is 2.42. The van der Waals surface area contributed by atoms with Crippen molar-refractivity contribution in [2.45, 2.75) is 19.4 Å². The van der Waals surface area contributed by atoms with Crippen molar-refractivity contribution in [3.63, 3.8) is 0 Å². The van der Waals surface area contributed by atoms with Crippen molar-refractivity contribution in [2.75, 3.05) is 14.2 Å². The third-order valence-electron chi connectivity index (χ3n) is 2.22. The van der Waals surface area contributed by atoms with Crippen molar-refractivity contribution in [1.29, 1.82) is 0 Å². The molecule has 0 aromatic heterocycles. The van der Waals surface area contributed by atoms with Crippen LogP contribution >= 0.6 is 15.9 Å². The average Bonchev–Trinajstić information content (AvgIpc) is 2.23. The largest absolute Gasteiger partial charge is 0.507 e. The molecular formula is C11H16BrNO3. The number of nitrogens with two attached hydrogens (primary N) is 1. The van der Waals surface area contributed by atoms with E-state index in [1.54, 1.807) is 7.11 Å². The summed E-state index contributed by atoms with van der Waals surface area (Å²) in [6.07, 6.45) is 0.562.